The standard InChI is InChI=1S/C21H20FN3O3/c22-17-8-6-16(7-9-17)19-14-25(21(27)28-19)15-20(26)24-12-10-23(11-13-24)18-4-2-1-3-5-18/h1-9,14H,10-13,15H2. The summed E-state index contributed by atoms with van der Waals surface area (Å²) in [6.45, 7) is 2.62. The van der Waals surface area contributed by atoms with Crippen LogP contribution in [-0.2, 0) is 11.3 Å². The number of hydrogen-bond donors (Lipinski definition) is 0. The zero-order valence-corrected chi connectivity index (χ0v) is 15.3. The van der Waals surface area contributed by atoms with Crippen molar-refractivity contribution < 1.29 is 13.6 Å². The lowest BCUT2D eigenvalue weighted by Gasteiger charge is -2.36. The second-order valence-electron chi connectivity index (χ2n) is 6.70. The average molecular weight is 381 g/mol. The Kier molecular flexibility index (Phi) is 4.97. The first-order valence-corrected chi connectivity index (χ1v) is 9.14. The first-order chi connectivity index (χ1) is 13.6. The Balaban J connectivity index is 1.39. The quantitative estimate of drug-likeness (QED) is 0.697. The van der Waals surface area contributed by atoms with Gasteiger partial charge in [0.25, 0.3) is 0 Å². The second kappa shape index (κ2) is 7.72. The topological polar surface area (TPSA) is 58.7 Å². The minimum Gasteiger partial charge on any atom is -0.408 e. The molecule has 1 fully saturated rings. The van der Waals surface area contributed by atoms with E-state index in [4.69, 9.17) is 4.42 Å². The van der Waals surface area contributed by atoms with E-state index < -0.39 is 5.76 Å². The highest BCUT2D eigenvalue weighted by atomic mass is 19.1. The first kappa shape index (κ1) is 18.0. The maximum absolute atomic E-state index is 13.0. The Morgan fingerprint density at radius 2 is 1.64 bits per heavy atom. The minimum atomic E-state index is -0.601. The van der Waals surface area contributed by atoms with Crippen molar-refractivity contribution in [2.75, 3.05) is 31.1 Å². The SMILES string of the molecule is O=C(Cn1cc(-c2ccc(F)cc2)oc1=O)N1CCN(c2ccccc2)CC1. The molecule has 1 saturated heterocycles. The van der Waals surface area contributed by atoms with Crippen molar-refractivity contribution in [2.24, 2.45) is 0 Å². The summed E-state index contributed by atoms with van der Waals surface area (Å²) in [5, 5.41) is 0. The number of oxazole rings is 1. The fraction of sp³-hybridized carbons (Fsp3) is 0.238. The zero-order valence-electron chi connectivity index (χ0n) is 15.3. The van der Waals surface area contributed by atoms with Gasteiger partial charge in [0, 0.05) is 37.4 Å². The van der Waals surface area contributed by atoms with Crippen molar-refractivity contribution in [1.82, 2.24) is 9.47 Å². The molecule has 1 aromatic heterocycles. The number of rotatable bonds is 4. The Morgan fingerprint density at radius 1 is 0.964 bits per heavy atom. The van der Waals surface area contributed by atoms with Crippen LogP contribution < -0.4 is 10.7 Å². The largest absolute Gasteiger partial charge is 0.419 e. The predicted octanol–water partition coefficient (Wildman–Crippen LogP) is 2.60. The van der Waals surface area contributed by atoms with Gasteiger partial charge < -0.3 is 14.2 Å². The summed E-state index contributed by atoms with van der Waals surface area (Å²) in [4.78, 5) is 28.7. The number of carbonyl (C=O) groups is 1. The molecule has 4 rings (SSSR count). The van der Waals surface area contributed by atoms with E-state index in [1.54, 1.807) is 4.90 Å². The molecule has 0 unspecified atom stereocenters. The number of hydrogen-bond acceptors (Lipinski definition) is 4. The maximum atomic E-state index is 13.0. The minimum absolute atomic E-state index is 0.0745. The molecule has 2 aromatic carbocycles. The summed E-state index contributed by atoms with van der Waals surface area (Å²) < 4.78 is 19.5. The molecule has 1 aliphatic heterocycles. The number of benzene rings is 2. The van der Waals surface area contributed by atoms with Gasteiger partial charge in [-0.15, -0.1) is 0 Å². The second-order valence-corrected chi connectivity index (χ2v) is 6.70. The van der Waals surface area contributed by atoms with Gasteiger partial charge in [0.1, 0.15) is 12.4 Å². The van der Waals surface area contributed by atoms with Gasteiger partial charge in [-0.3, -0.25) is 9.36 Å². The van der Waals surface area contributed by atoms with Crippen LogP contribution >= 0.6 is 0 Å². The Labute approximate surface area is 161 Å². The summed E-state index contributed by atoms with van der Waals surface area (Å²) in [6.07, 6.45) is 1.49. The molecular weight excluding hydrogens is 361 g/mol. The molecule has 144 valence electrons. The van der Waals surface area contributed by atoms with Gasteiger partial charge in [-0.05, 0) is 36.4 Å². The molecular formula is C21H20FN3O3. The number of carbonyl (C=O) groups excluding carboxylic acids is 1. The first-order valence-electron chi connectivity index (χ1n) is 9.14. The molecule has 0 radical (unpaired) electrons. The molecule has 0 N–H and O–H groups in total. The molecule has 7 heteroatoms. The molecule has 3 aromatic rings. The third-order valence-electron chi connectivity index (χ3n) is 4.89. The van der Waals surface area contributed by atoms with Crippen LogP contribution in [0.1, 0.15) is 0 Å². The highest BCUT2D eigenvalue weighted by Gasteiger charge is 2.22. The summed E-state index contributed by atoms with van der Waals surface area (Å²) >= 11 is 0. The van der Waals surface area contributed by atoms with E-state index in [1.807, 2.05) is 18.2 Å². The molecule has 0 saturated carbocycles. The Bertz CT molecular complexity index is 1000. The summed E-state index contributed by atoms with van der Waals surface area (Å²) in [5.41, 5.74) is 1.73. The zero-order chi connectivity index (χ0) is 19.5. The van der Waals surface area contributed by atoms with Crippen LogP contribution in [0.5, 0.6) is 0 Å². The fourth-order valence-corrected chi connectivity index (χ4v) is 3.33. The van der Waals surface area contributed by atoms with Gasteiger partial charge in [-0.2, -0.15) is 0 Å². The van der Waals surface area contributed by atoms with E-state index in [-0.39, 0.29) is 18.3 Å². The number of anilines is 1. The lowest BCUT2D eigenvalue weighted by Crippen LogP contribution is -2.50. The van der Waals surface area contributed by atoms with Crippen molar-refractivity contribution in [3.63, 3.8) is 0 Å². The van der Waals surface area contributed by atoms with Crippen molar-refractivity contribution in [3.05, 3.63) is 77.2 Å². The fourth-order valence-electron chi connectivity index (χ4n) is 3.33. The van der Waals surface area contributed by atoms with Crippen molar-refractivity contribution >= 4 is 11.6 Å². The summed E-state index contributed by atoms with van der Waals surface area (Å²) in [5.74, 6) is -0.779. The molecule has 0 aliphatic carbocycles. The van der Waals surface area contributed by atoms with Crippen LogP contribution in [0.25, 0.3) is 11.3 Å². The van der Waals surface area contributed by atoms with Gasteiger partial charge in [0.05, 0.1) is 6.20 Å². The van der Waals surface area contributed by atoms with Gasteiger partial charge >= 0.3 is 5.76 Å². The third-order valence-corrected chi connectivity index (χ3v) is 4.89. The average Bonchev–Trinajstić information content (AvgIpc) is 3.09. The highest BCUT2D eigenvalue weighted by molar-refractivity contribution is 5.76. The molecule has 6 nitrogen and oxygen atoms in total. The number of nitrogens with zero attached hydrogens (tertiary/aromatic N) is 3. The van der Waals surface area contributed by atoms with E-state index in [1.165, 1.54) is 35.0 Å². The van der Waals surface area contributed by atoms with E-state index >= 15 is 0 Å². The van der Waals surface area contributed by atoms with Crippen LogP contribution in [-0.4, -0.2) is 41.6 Å². The number of amides is 1. The van der Waals surface area contributed by atoms with Crippen LogP contribution in [0, 0.1) is 5.82 Å². The number of para-hydroxylation sites is 1. The molecule has 0 atom stereocenters. The molecule has 0 bridgehead atoms. The van der Waals surface area contributed by atoms with Gasteiger partial charge in [0.15, 0.2) is 5.76 Å². The smallest absolute Gasteiger partial charge is 0.408 e. The van der Waals surface area contributed by atoms with E-state index in [2.05, 4.69) is 17.0 Å². The molecule has 0 spiro atoms. The Morgan fingerprint density at radius 3 is 2.32 bits per heavy atom. The van der Waals surface area contributed by atoms with Crippen LogP contribution in [0.4, 0.5) is 10.1 Å². The normalized spacial score (nSPS) is 14.3. The number of aromatic nitrogens is 1. The van der Waals surface area contributed by atoms with Gasteiger partial charge in [0.2, 0.25) is 5.91 Å². The van der Waals surface area contributed by atoms with E-state index in [0.717, 1.165) is 18.8 Å². The number of piperazine rings is 1. The van der Waals surface area contributed by atoms with E-state index in [0.29, 0.717) is 24.4 Å². The molecule has 1 amide bonds. The van der Waals surface area contributed by atoms with Crippen LogP contribution in [0.15, 0.2) is 70.0 Å². The van der Waals surface area contributed by atoms with Crippen molar-refractivity contribution in [2.45, 2.75) is 6.54 Å². The van der Waals surface area contributed by atoms with Crippen molar-refractivity contribution in [3.8, 4) is 11.3 Å². The third kappa shape index (κ3) is 3.83. The van der Waals surface area contributed by atoms with E-state index in [9.17, 15) is 14.0 Å². The van der Waals surface area contributed by atoms with Gasteiger partial charge in [-0.1, -0.05) is 18.2 Å². The van der Waals surface area contributed by atoms with Gasteiger partial charge in [-0.25, -0.2) is 9.18 Å². The lowest BCUT2D eigenvalue weighted by molar-refractivity contribution is -0.132. The molecule has 28 heavy (non-hydrogen) atoms. The number of halogens is 1. The highest BCUT2D eigenvalue weighted by Crippen LogP contribution is 2.19. The molecule has 1 aliphatic rings. The lowest BCUT2D eigenvalue weighted by atomic mass is 10.2. The molecule has 2 heterocycles. The maximum Gasteiger partial charge on any atom is 0.419 e. The van der Waals surface area contributed by atoms with Crippen LogP contribution in [0.3, 0.4) is 0 Å². The Hall–Kier alpha value is -3.35. The van der Waals surface area contributed by atoms with Crippen LogP contribution in [0.2, 0.25) is 0 Å². The summed E-state index contributed by atoms with van der Waals surface area (Å²) in [6, 6.07) is 15.7. The summed E-state index contributed by atoms with van der Waals surface area (Å²) in [7, 11) is 0. The monoisotopic (exact) mass is 381 g/mol. The predicted molar refractivity (Wildman–Crippen MR) is 104 cm³/mol. The van der Waals surface area contributed by atoms with Crippen molar-refractivity contribution in [1.29, 1.82) is 0 Å².